The molecule has 0 radical (unpaired) electrons. The molecule has 130 valence electrons. The lowest BCUT2D eigenvalue weighted by atomic mass is 9.95. The number of para-hydroxylation sites is 1. The van der Waals surface area contributed by atoms with Gasteiger partial charge >= 0.3 is 0 Å². The maximum Gasteiger partial charge on any atom is 0.156 e. The minimum Gasteiger partial charge on any atom is -0.320 e. The van der Waals surface area contributed by atoms with E-state index in [-0.39, 0.29) is 5.69 Å². The van der Waals surface area contributed by atoms with Crippen molar-refractivity contribution in [3.63, 3.8) is 0 Å². The summed E-state index contributed by atoms with van der Waals surface area (Å²) in [7, 11) is 0. The Hall–Kier alpha value is -2.05. The molecule has 2 N–H and O–H groups in total. The lowest BCUT2D eigenvalue weighted by Gasteiger charge is -2.18. The van der Waals surface area contributed by atoms with Crippen molar-refractivity contribution >= 4 is 45.4 Å². The molecule has 0 aliphatic rings. The molecule has 4 aromatic rings. The van der Waals surface area contributed by atoms with Crippen LogP contribution in [0.2, 0.25) is 9.49 Å². The van der Waals surface area contributed by atoms with Crippen LogP contribution in [-0.2, 0) is 0 Å². The topological polar surface area (TPSA) is 51.8 Å². The maximum absolute atomic E-state index is 15.5. The second-order valence-electron chi connectivity index (χ2n) is 5.70. The third-order valence-electron chi connectivity index (χ3n) is 4.10. The van der Waals surface area contributed by atoms with E-state index in [2.05, 4.69) is 9.97 Å². The fourth-order valence-corrected chi connectivity index (χ4v) is 4.11. The van der Waals surface area contributed by atoms with Crippen LogP contribution >= 0.6 is 34.5 Å². The Morgan fingerprint density at radius 2 is 1.88 bits per heavy atom. The molecular formula is C19H12Cl2FN3S. The van der Waals surface area contributed by atoms with Crippen molar-refractivity contribution in [1.29, 1.82) is 0 Å². The molecule has 1 atom stereocenters. The molecule has 3 heterocycles. The normalized spacial score (nSPS) is 12.5. The molecule has 0 saturated carbocycles. The van der Waals surface area contributed by atoms with E-state index in [9.17, 15) is 0 Å². The van der Waals surface area contributed by atoms with Gasteiger partial charge < -0.3 is 5.73 Å². The lowest BCUT2D eigenvalue weighted by molar-refractivity contribution is 0.602. The van der Waals surface area contributed by atoms with Crippen LogP contribution < -0.4 is 5.73 Å². The van der Waals surface area contributed by atoms with E-state index in [1.54, 1.807) is 30.5 Å². The summed E-state index contributed by atoms with van der Waals surface area (Å²) in [5.74, 6) is -0.456. The number of pyridine rings is 2. The zero-order valence-corrected chi connectivity index (χ0v) is 15.6. The molecule has 3 aromatic heterocycles. The van der Waals surface area contributed by atoms with Gasteiger partial charge in [-0.25, -0.2) is 14.4 Å². The Labute approximate surface area is 163 Å². The first-order valence-corrected chi connectivity index (χ1v) is 9.32. The Bertz CT molecular complexity index is 1110. The SMILES string of the molecule is NC(c1ccnc(Cl)c1)c1c(F)c(-c2ccc(Cl)s2)nc2ccccc12. The van der Waals surface area contributed by atoms with Crippen LogP contribution in [0, 0.1) is 5.82 Å². The van der Waals surface area contributed by atoms with Gasteiger partial charge in [-0.05, 0) is 35.9 Å². The molecule has 7 heteroatoms. The molecule has 1 aromatic carbocycles. The predicted octanol–water partition coefficient (Wildman–Crippen LogP) is 5.85. The fourth-order valence-electron chi connectivity index (χ4n) is 2.90. The predicted molar refractivity (Wildman–Crippen MR) is 105 cm³/mol. The minimum atomic E-state index is -0.711. The Kier molecular flexibility index (Phi) is 4.63. The van der Waals surface area contributed by atoms with Crippen molar-refractivity contribution in [1.82, 2.24) is 9.97 Å². The van der Waals surface area contributed by atoms with Crippen molar-refractivity contribution in [3.05, 3.63) is 81.2 Å². The molecule has 4 rings (SSSR count). The Morgan fingerprint density at radius 1 is 1.08 bits per heavy atom. The molecule has 0 aliphatic heterocycles. The number of hydrogen-bond acceptors (Lipinski definition) is 4. The number of halogens is 3. The monoisotopic (exact) mass is 403 g/mol. The first kappa shape index (κ1) is 17.4. The van der Waals surface area contributed by atoms with Crippen LogP contribution in [0.5, 0.6) is 0 Å². The van der Waals surface area contributed by atoms with Crippen molar-refractivity contribution in [2.24, 2.45) is 5.73 Å². The summed E-state index contributed by atoms with van der Waals surface area (Å²) >= 11 is 13.3. The van der Waals surface area contributed by atoms with Gasteiger partial charge in [-0.2, -0.15) is 0 Å². The highest BCUT2D eigenvalue weighted by Gasteiger charge is 2.23. The third-order valence-corrected chi connectivity index (χ3v) is 5.54. The summed E-state index contributed by atoms with van der Waals surface area (Å²) in [6.07, 6.45) is 1.55. The number of hydrogen-bond donors (Lipinski definition) is 1. The molecule has 0 aliphatic carbocycles. The summed E-state index contributed by atoms with van der Waals surface area (Å²) in [4.78, 5) is 9.11. The van der Waals surface area contributed by atoms with Gasteiger partial charge in [0.15, 0.2) is 5.82 Å². The van der Waals surface area contributed by atoms with Crippen molar-refractivity contribution in [2.45, 2.75) is 6.04 Å². The highest BCUT2D eigenvalue weighted by Crippen LogP contribution is 2.37. The maximum atomic E-state index is 15.5. The minimum absolute atomic E-state index is 0.242. The number of benzene rings is 1. The fraction of sp³-hybridized carbons (Fsp3) is 0.0526. The van der Waals surface area contributed by atoms with Gasteiger partial charge in [0.2, 0.25) is 0 Å². The van der Waals surface area contributed by atoms with Crippen molar-refractivity contribution < 1.29 is 4.39 Å². The second-order valence-corrected chi connectivity index (χ2v) is 7.80. The number of nitrogens with zero attached hydrogens (tertiary/aromatic N) is 2. The molecule has 0 bridgehead atoms. The van der Waals surface area contributed by atoms with E-state index in [0.717, 1.165) is 0 Å². The third kappa shape index (κ3) is 3.08. The molecule has 0 amide bonds. The Balaban J connectivity index is 1.99. The van der Waals surface area contributed by atoms with E-state index in [1.807, 2.05) is 24.3 Å². The van der Waals surface area contributed by atoms with E-state index < -0.39 is 11.9 Å². The molecular weight excluding hydrogens is 392 g/mol. The van der Waals surface area contributed by atoms with Gasteiger partial charge in [0.05, 0.1) is 20.8 Å². The van der Waals surface area contributed by atoms with Crippen LogP contribution in [0.4, 0.5) is 4.39 Å². The van der Waals surface area contributed by atoms with Crippen molar-refractivity contribution in [3.8, 4) is 10.6 Å². The number of rotatable bonds is 3. The molecule has 0 saturated heterocycles. The van der Waals surface area contributed by atoms with E-state index >= 15 is 4.39 Å². The summed E-state index contributed by atoms with van der Waals surface area (Å²) in [6, 6.07) is 13.5. The van der Waals surface area contributed by atoms with Crippen LogP contribution in [0.25, 0.3) is 21.5 Å². The van der Waals surface area contributed by atoms with E-state index in [1.165, 1.54) is 11.3 Å². The smallest absolute Gasteiger partial charge is 0.156 e. The van der Waals surface area contributed by atoms with E-state index in [4.69, 9.17) is 28.9 Å². The van der Waals surface area contributed by atoms with Gasteiger partial charge in [0, 0.05) is 17.1 Å². The van der Waals surface area contributed by atoms with Crippen LogP contribution in [0.15, 0.2) is 54.7 Å². The number of fused-ring (bicyclic) bond motifs is 1. The molecule has 3 nitrogen and oxygen atoms in total. The van der Waals surface area contributed by atoms with Gasteiger partial charge in [0.25, 0.3) is 0 Å². The highest BCUT2D eigenvalue weighted by molar-refractivity contribution is 7.19. The molecule has 0 spiro atoms. The van der Waals surface area contributed by atoms with Crippen molar-refractivity contribution in [2.75, 3.05) is 0 Å². The summed E-state index contributed by atoms with van der Waals surface area (Å²) in [5, 5.41) is 0.971. The van der Waals surface area contributed by atoms with Crippen LogP contribution in [-0.4, -0.2) is 9.97 Å². The van der Waals surface area contributed by atoms with Gasteiger partial charge in [0.1, 0.15) is 10.8 Å². The van der Waals surface area contributed by atoms with Gasteiger partial charge in [-0.15, -0.1) is 11.3 Å². The summed E-state index contributed by atoms with van der Waals surface area (Å²) in [5.41, 5.74) is 8.38. The lowest BCUT2D eigenvalue weighted by Crippen LogP contribution is -2.15. The number of thiophene rings is 1. The molecule has 26 heavy (non-hydrogen) atoms. The Morgan fingerprint density at radius 3 is 2.62 bits per heavy atom. The molecule has 1 unspecified atom stereocenters. The largest absolute Gasteiger partial charge is 0.320 e. The highest BCUT2D eigenvalue weighted by atomic mass is 35.5. The van der Waals surface area contributed by atoms with E-state index in [0.29, 0.717) is 36.4 Å². The number of nitrogens with two attached hydrogens (primary N) is 1. The zero-order chi connectivity index (χ0) is 18.3. The molecule has 0 fully saturated rings. The first-order chi connectivity index (χ1) is 12.5. The van der Waals surface area contributed by atoms with Crippen LogP contribution in [0.1, 0.15) is 17.2 Å². The second kappa shape index (κ2) is 6.93. The standard InChI is InChI=1S/C19H12Cl2FN3S/c20-14-9-10(7-8-24-14)18(23)16-11-3-1-2-4-12(11)25-19(17(16)22)13-5-6-15(21)26-13/h1-9,18H,23H2. The van der Waals surface area contributed by atoms with Gasteiger partial charge in [-0.1, -0.05) is 41.4 Å². The quantitative estimate of drug-likeness (QED) is 0.436. The zero-order valence-electron chi connectivity index (χ0n) is 13.3. The number of aromatic nitrogens is 2. The first-order valence-electron chi connectivity index (χ1n) is 7.75. The average Bonchev–Trinajstić information content (AvgIpc) is 3.07. The van der Waals surface area contributed by atoms with Crippen LogP contribution in [0.3, 0.4) is 0 Å². The average molecular weight is 404 g/mol. The van der Waals surface area contributed by atoms with Gasteiger partial charge in [-0.3, -0.25) is 0 Å². The summed E-state index contributed by atoms with van der Waals surface area (Å²) < 4.78 is 16.1. The summed E-state index contributed by atoms with van der Waals surface area (Å²) in [6.45, 7) is 0.